The van der Waals surface area contributed by atoms with E-state index in [9.17, 15) is 0 Å². The fraction of sp³-hybridized carbons (Fsp3) is 0.962. The van der Waals surface area contributed by atoms with E-state index < -0.39 is 0 Å². The van der Waals surface area contributed by atoms with E-state index in [0.717, 1.165) is 29.9 Å². The normalized spacial score (nSPS) is 15.3. The minimum absolute atomic E-state index is 0.356. The number of unbranched alkanes of at least 4 members (excludes halogenated alkanes) is 10. The first-order valence-electron chi connectivity index (χ1n) is 13.0. The van der Waals surface area contributed by atoms with E-state index >= 15 is 0 Å². The first-order chi connectivity index (χ1) is 14.0. The molecule has 0 amide bonds. The lowest BCUT2D eigenvalue weighted by Crippen LogP contribution is -2.44. The second kappa shape index (κ2) is 17.3. The zero-order valence-electron chi connectivity index (χ0n) is 20.2. The largest absolute Gasteiger partial charge is 0.396 e. The Morgan fingerprint density at radius 3 is 1.93 bits per heavy atom. The van der Waals surface area contributed by atoms with Gasteiger partial charge in [-0.05, 0) is 31.6 Å². The predicted molar refractivity (Wildman–Crippen MR) is 128 cm³/mol. The van der Waals surface area contributed by atoms with E-state index in [4.69, 9.17) is 5.11 Å². The van der Waals surface area contributed by atoms with Gasteiger partial charge in [0.15, 0.2) is 6.54 Å². The zero-order chi connectivity index (χ0) is 21.2. The number of hydrogen-bond acceptors (Lipinski definition) is 1. The lowest BCUT2D eigenvalue weighted by molar-refractivity contribution is -0.897. The Bertz CT molecular complexity index is 388. The van der Waals surface area contributed by atoms with Crippen LogP contribution in [0.4, 0.5) is 0 Å². The molecule has 1 aliphatic carbocycles. The number of rotatable bonds is 20. The third-order valence-corrected chi connectivity index (χ3v) is 7.00. The number of hydrogen-bond donors (Lipinski definition) is 1. The molecule has 1 N–H and O–H groups in total. The number of aliphatic hydroxyl groups is 1. The molecule has 0 aliphatic heterocycles. The van der Waals surface area contributed by atoms with Crippen molar-refractivity contribution in [1.29, 1.82) is 0 Å². The zero-order valence-corrected chi connectivity index (χ0v) is 20.2. The summed E-state index contributed by atoms with van der Waals surface area (Å²) in [5.74, 6) is 1.07. The van der Waals surface area contributed by atoms with Gasteiger partial charge in [0.05, 0.1) is 20.6 Å². The molecule has 172 valence electrons. The second-order valence-corrected chi connectivity index (χ2v) is 10.4. The van der Waals surface area contributed by atoms with Crippen molar-refractivity contribution in [1.82, 2.24) is 0 Å². The van der Waals surface area contributed by atoms with Gasteiger partial charge in [-0.25, -0.2) is 4.58 Å². The summed E-state index contributed by atoms with van der Waals surface area (Å²) in [6.07, 6.45) is 23.3. The third-order valence-electron chi connectivity index (χ3n) is 7.00. The average Bonchev–Trinajstić information content (AvgIpc) is 3.21. The summed E-state index contributed by atoms with van der Waals surface area (Å²) in [5.41, 5.74) is 0. The molecule has 0 bridgehead atoms. The number of quaternary nitrogens is 1. The number of likely N-dealkylation sites (N-methyl/N-ethyl adjacent to an activating group) is 1. The molecule has 1 rings (SSSR count). The summed E-state index contributed by atoms with van der Waals surface area (Å²) >= 11 is 0. The molecule has 1 fully saturated rings. The van der Waals surface area contributed by atoms with E-state index in [1.165, 1.54) is 116 Å². The SMILES string of the molecule is C=[N+](CCCCCCCCCCO)CC[N+](C)(C)CCCCCCC1CCCC1. The maximum atomic E-state index is 8.78. The van der Waals surface area contributed by atoms with Crippen LogP contribution in [0.3, 0.4) is 0 Å². The van der Waals surface area contributed by atoms with Crippen LogP contribution in [0, 0.1) is 5.92 Å². The maximum absolute atomic E-state index is 8.78. The summed E-state index contributed by atoms with van der Waals surface area (Å²) in [7, 11) is 4.78. The van der Waals surface area contributed by atoms with Gasteiger partial charge in [-0.15, -0.1) is 0 Å². The minimum Gasteiger partial charge on any atom is -0.396 e. The molecule has 0 aromatic carbocycles. The Labute approximate surface area is 183 Å². The van der Waals surface area contributed by atoms with Crippen molar-refractivity contribution >= 4 is 6.72 Å². The molecule has 0 unspecified atom stereocenters. The van der Waals surface area contributed by atoms with E-state index in [-0.39, 0.29) is 0 Å². The Morgan fingerprint density at radius 1 is 0.724 bits per heavy atom. The summed E-state index contributed by atoms with van der Waals surface area (Å²) in [6.45, 7) is 9.42. The lowest BCUT2D eigenvalue weighted by Gasteiger charge is -2.28. The first kappa shape index (κ1) is 26.6. The van der Waals surface area contributed by atoms with Gasteiger partial charge < -0.3 is 9.59 Å². The smallest absolute Gasteiger partial charge is 0.190 e. The Balaban J connectivity index is 1.90. The van der Waals surface area contributed by atoms with Crippen molar-refractivity contribution in [2.75, 3.05) is 46.9 Å². The highest BCUT2D eigenvalue weighted by molar-refractivity contribution is 5.14. The molecule has 0 heterocycles. The standard InChI is InChI=1S/C26H54N2O/c1-27(21-15-9-6-4-5-7-11-17-25-29)22-24-28(2,3)23-16-10-8-12-18-26-19-13-14-20-26/h26,29H,1,4-25H2,2-3H3/q+2. The second-order valence-electron chi connectivity index (χ2n) is 10.4. The topological polar surface area (TPSA) is 23.2 Å². The predicted octanol–water partition coefficient (Wildman–Crippen LogP) is 6.03. The first-order valence-corrected chi connectivity index (χ1v) is 13.0. The van der Waals surface area contributed by atoms with Crippen LogP contribution < -0.4 is 0 Å². The highest BCUT2D eigenvalue weighted by Gasteiger charge is 2.17. The molecule has 0 saturated heterocycles. The van der Waals surface area contributed by atoms with Crippen molar-refractivity contribution in [3.63, 3.8) is 0 Å². The van der Waals surface area contributed by atoms with Gasteiger partial charge in [0.2, 0.25) is 0 Å². The maximum Gasteiger partial charge on any atom is 0.190 e. The fourth-order valence-electron chi connectivity index (χ4n) is 4.77. The molecule has 29 heavy (non-hydrogen) atoms. The number of aliphatic hydroxyl groups excluding tert-OH is 1. The van der Waals surface area contributed by atoms with Gasteiger partial charge in [0.25, 0.3) is 0 Å². The van der Waals surface area contributed by atoms with E-state index in [1.807, 2.05) is 0 Å². The Morgan fingerprint density at radius 2 is 1.28 bits per heavy atom. The van der Waals surface area contributed by atoms with Crippen LogP contribution in [0.5, 0.6) is 0 Å². The van der Waals surface area contributed by atoms with Crippen LogP contribution in [0.2, 0.25) is 0 Å². The van der Waals surface area contributed by atoms with Gasteiger partial charge in [-0.1, -0.05) is 77.0 Å². The van der Waals surface area contributed by atoms with E-state index in [0.29, 0.717) is 6.61 Å². The van der Waals surface area contributed by atoms with Gasteiger partial charge >= 0.3 is 0 Å². The van der Waals surface area contributed by atoms with Crippen molar-refractivity contribution in [2.24, 2.45) is 5.92 Å². The van der Waals surface area contributed by atoms with Gasteiger partial charge in [0, 0.05) is 13.0 Å². The molecular formula is C26H54N2O+2. The highest BCUT2D eigenvalue weighted by Crippen LogP contribution is 2.29. The van der Waals surface area contributed by atoms with Crippen molar-refractivity contribution < 1.29 is 14.2 Å². The fourth-order valence-corrected chi connectivity index (χ4v) is 4.77. The van der Waals surface area contributed by atoms with Crippen LogP contribution in [0.25, 0.3) is 0 Å². The van der Waals surface area contributed by atoms with Crippen LogP contribution >= 0.6 is 0 Å². The summed E-state index contributed by atoms with van der Waals surface area (Å²) < 4.78 is 3.44. The molecule has 1 aliphatic rings. The molecule has 3 heteroatoms. The lowest BCUT2D eigenvalue weighted by atomic mass is 9.99. The molecule has 0 atom stereocenters. The molecule has 3 nitrogen and oxygen atoms in total. The highest BCUT2D eigenvalue weighted by atomic mass is 16.2. The Hall–Kier alpha value is -0.410. The molecular weight excluding hydrogens is 356 g/mol. The molecule has 0 radical (unpaired) electrons. The van der Waals surface area contributed by atoms with E-state index in [2.05, 4.69) is 25.4 Å². The van der Waals surface area contributed by atoms with Gasteiger partial charge in [-0.2, -0.15) is 0 Å². The quantitative estimate of drug-likeness (QED) is 0.113. The van der Waals surface area contributed by atoms with Crippen molar-refractivity contribution in [3.8, 4) is 0 Å². The van der Waals surface area contributed by atoms with Crippen LogP contribution in [0.1, 0.15) is 109 Å². The summed E-state index contributed by atoms with van der Waals surface area (Å²) in [5, 5.41) is 8.78. The Kier molecular flexibility index (Phi) is 15.9. The van der Waals surface area contributed by atoms with Gasteiger partial charge in [-0.3, -0.25) is 0 Å². The van der Waals surface area contributed by atoms with E-state index in [1.54, 1.807) is 0 Å². The molecule has 0 spiro atoms. The average molecular weight is 411 g/mol. The molecule has 1 saturated carbocycles. The summed E-state index contributed by atoms with van der Waals surface area (Å²) in [6, 6.07) is 0. The van der Waals surface area contributed by atoms with Crippen molar-refractivity contribution in [2.45, 2.75) is 109 Å². The van der Waals surface area contributed by atoms with Gasteiger partial charge in [0.1, 0.15) is 19.8 Å². The third kappa shape index (κ3) is 16.0. The number of nitrogens with zero attached hydrogens (tertiary/aromatic N) is 2. The molecule has 0 aromatic rings. The molecule has 0 aromatic heterocycles. The van der Waals surface area contributed by atoms with Crippen LogP contribution in [-0.2, 0) is 0 Å². The van der Waals surface area contributed by atoms with Crippen LogP contribution in [0.15, 0.2) is 0 Å². The minimum atomic E-state index is 0.356. The summed E-state index contributed by atoms with van der Waals surface area (Å²) in [4.78, 5) is 0. The van der Waals surface area contributed by atoms with Crippen LogP contribution in [-0.4, -0.2) is 67.8 Å². The van der Waals surface area contributed by atoms with Crippen molar-refractivity contribution in [3.05, 3.63) is 0 Å². The monoisotopic (exact) mass is 410 g/mol.